The van der Waals surface area contributed by atoms with Crippen LogP contribution in [0, 0.1) is 0 Å². The van der Waals surface area contributed by atoms with Gasteiger partial charge in [-0.2, -0.15) is 0 Å². The van der Waals surface area contributed by atoms with Crippen molar-refractivity contribution in [1.29, 1.82) is 0 Å². The van der Waals surface area contributed by atoms with E-state index in [-0.39, 0.29) is 11.8 Å². The van der Waals surface area contributed by atoms with Crippen LogP contribution in [0.1, 0.15) is 30.4 Å². The van der Waals surface area contributed by atoms with E-state index in [9.17, 15) is 9.90 Å². The summed E-state index contributed by atoms with van der Waals surface area (Å²) < 4.78 is 5.11. The predicted molar refractivity (Wildman–Crippen MR) is 95.2 cm³/mol. The lowest BCUT2D eigenvalue weighted by atomic mass is 9.93. The maximum absolute atomic E-state index is 12.2. The molecule has 2 N–H and O–H groups in total. The molecular formula is C20H25NO3. The lowest BCUT2D eigenvalue weighted by Gasteiger charge is -2.19. The first kappa shape index (κ1) is 18.0. The number of carbonyl (C=O) groups excluding carboxylic acids is 1. The lowest BCUT2D eigenvalue weighted by Crippen LogP contribution is -2.30. The summed E-state index contributed by atoms with van der Waals surface area (Å²) in [5.74, 6) is 0.859. The fourth-order valence-electron chi connectivity index (χ4n) is 2.70. The Morgan fingerprint density at radius 2 is 1.79 bits per heavy atom. The molecule has 0 saturated heterocycles. The fraction of sp³-hybridized carbons (Fsp3) is 0.350. The maximum atomic E-state index is 12.2. The van der Waals surface area contributed by atoms with Gasteiger partial charge in [-0.15, -0.1) is 0 Å². The number of hydrogen-bond acceptors (Lipinski definition) is 3. The van der Waals surface area contributed by atoms with E-state index in [0.29, 0.717) is 19.4 Å². The second-order valence-electron chi connectivity index (χ2n) is 6.02. The van der Waals surface area contributed by atoms with Crippen LogP contribution in [0.5, 0.6) is 5.75 Å². The summed E-state index contributed by atoms with van der Waals surface area (Å²) in [5, 5.41) is 12.7. The first-order valence-electron chi connectivity index (χ1n) is 8.21. The molecule has 2 aromatic rings. The fourth-order valence-corrected chi connectivity index (χ4v) is 2.70. The normalized spacial score (nSPS) is 13.1. The highest BCUT2D eigenvalue weighted by molar-refractivity contribution is 5.78. The zero-order valence-corrected chi connectivity index (χ0v) is 14.2. The van der Waals surface area contributed by atoms with Crippen molar-refractivity contribution in [1.82, 2.24) is 5.32 Å². The molecule has 1 amide bonds. The monoisotopic (exact) mass is 327 g/mol. The minimum Gasteiger partial charge on any atom is -0.497 e. The van der Waals surface area contributed by atoms with Gasteiger partial charge in [-0.05, 0) is 36.6 Å². The number of aliphatic hydroxyl groups excluding tert-OH is 1. The molecule has 2 unspecified atom stereocenters. The van der Waals surface area contributed by atoms with Crippen LogP contribution < -0.4 is 10.1 Å². The van der Waals surface area contributed by atoms with Gasteiger partial charge in [0, 0.05) is 12.5 Å². The Labute approximate surface area is 143 Å². The third-order valence-electron chi connectivity index (χ3n) is 3.97. The first-order valence-corrected chi connectivity index (χ1v) is 8.21. The lowest BCUT2D eigenvalue weighted by molar-refractivity contribution is -0.120. The van der Waals surface area contributed by atoms with Crippen molar-refractivity contribution in [2.75, 3.05) is 13.7 Å². The standard InChI is InChI=1S/C20H25NO3/c1-15(22)12-18(17-6-4-3-5-7-17)14-21-20(23)13-16-8-10-19(24-2)11-9-16/h3-11,15,18,22H,12-14H2,1-2H3,(H,21,23). The summed E-state index contributed by atoms with van der Waals surface area (Å²) in [5.41, 5.74) is 2.07. The zero-order valence-electron chi connectivity index (χ0n) is 14.2. The predicted octanol–water partition coefficient (Wildman–Crippen LogP) is 2.91. The van der Waals surface area contributed by atoms with Crippen molar-refractivity contribution < 1.29 is 14.6 Å². The molecule has 0 saturated carbocycles. The Hall–Kier alpha value is -2.33. The van der Waals surface area contributed by atoms with E-state index >= 15 is 0 Å². The summed E-state index contributed by atoms with van der Waals surface area (Å²) in [6, 6.07) is 17.5. The second-order valence-corrected chi connectivity index (χ2v) is 6.02. The SMILES string of the molecule is COc1ccc(CC(=O)NCC(CC(C)O)c2ccccc2)cc1. The van der Waals surface area contributed by atoms with Gasteiger partial charge in [0.1, 0.15) is 5.75 Å². The number of nitrogens with one attached hydrogen (secondary N) is 1. The van der Waals surface area contributed by atoms with Crippen LogP contribution in [0.4, 0.5) is 0 Å². The molecule has 0 heterocycles. The number of methoxy groups -OCH3 is 1. The quantitative estimate of drug-likeness (QED) is 0.784. The number of benzene rings is 2. The molecular weight excluding hydrogens is 302 g/mol. The molecule has 0 bridgehead atoms. The molecule has 2 atom stereocenters. The van der Waals surface area contributed by atoms with E-state index in [4.69, 9.17) is 4.74 Å². The topological polar surface area (TPSA) is 58.6 Å². The van der Waals surface area contributed by atoms with Crippen molar-refractivity contribution in [3.63, 3.8) is 0 Å². The molecule has 2 aromatic carbocycles. The van der Waals surface area contributed by atoms with E-state index in [1.54, 1.807) is 14.0 Å². The van der Waals surface area contributed by atoms with E-state index in [2.05, 4.69) is 5.32 Å². The van der Waals surface area contributed by atoms with Gasteiger partial charge in [0.25, 0.3) is 0 Å². The van der Waals surface area contributed by atoms with Crippen LogP contribution in [0.25, 0.3) is 0 Å². The summed E-state index contributed by atoms with van der Waals surface area (Å²) >= 11 is 0. The average Bonchev–Trinajstić information content (AvgIpc) is 2.59. The summed E-state index contributed by atoms with van der Waals surface area (Å²) in [7, 11) is 1.62. The molecule has 0 radical (unpaired) electrons. The molecule has 128 valence electrons. The molecule has 0 spiro atoms. The number of carbonyl (C=O) groups is 1. The third-order valence-corrected chi connectivity index (χ3v) is 3.97. The number of ether oxygens (including phenoxy) is 1. The van der Waals surface area contributed by atoms with Gasteiger partial charge in [-0.25, -0.2) is 0 Å². The Morgan fingerprint density at radius 3 is 2.38 bits per heavy atom. The van der Waals surface area contributed by atoms with Crippen molar-refractivity contribution in [2.45, 2.75) is 31.8 Å². The van der Waals surface area contributed by atoms with Crippen molar-refractivity contribution in [2.24, 2.45) is 0 Å². The highest BCUT2D eigenvalue weighted by Crippen LogP contribution is 2.20. The van der Waals surface area contributed by atoms with Gasteiger partial charge >= 0.3 is 0 Å². The highest BCUT2D eigenvalue weighted by atomic mass is 16.5. The number of aliphatic hydroxyl groups is 1. The van der Waals surface area contributed by atoms with Gasteiger partial charge in [-0.1, -0.05) is 42.5 Å². The molecule has 0 aliphatic rings. The second kappa shape index (κ2) is 9.08. The molecule has 0 aromatic heterocycles. The van der Waals surface area contributed by atoms with Gasteiger partial charge in [-0.3, -0.25) is 4.79 Å². The largest absolute Gasteiger partial charge is 0.497 e. The van der Waals surface area contributed by atoms with Crippen LogP contribution in [0.15, 0.2) is 54.6 Å². The molecule has 2 rings (SSSR count). The Bertz CT molecular complexity index is 623. The minimum atomic E-state index is -0.409. The number of hydrogen-bond donors (Lipinski definition) is 2. The zero-order chi connectivity index (χ0) is 17.4. The van der Waals surface area contributed by atoms with Crippen molar-refractivity contribution in [3.8, 4) is 5.75 Å². The first-order chi connectivity index (χ1) is 11.6. The van der Waals surface area contributed by atoms with Gasteiger partial charge in [0.05, 0.1) is 19.6 Å². The van der Waals surface area contributed by atoms with Gasteiger partial charge < -0.3 is 15.2 Å². The average molecular weight is 327 g/mol. The smallest absolute Gasteiger partial charge is 0.224 e. The Kier molecular flexibility index (Phi) is 6.82. The molecule has 0 fully saturated rings. The number of rotatable bonds is 8. The summed E-state index contributed by atoms with van der Waals surface area (Å²) in [6.45, 7) is 2.29. The van der Waals surface area contributed by atoms with Crippen LogP contribution in [-0.2, 0) is 11.2 Å². The Morgan fingerprint density at radius 1 is 1.12 bits per heavy atom. The Balaban J connectivity index is 1.91. The summed E-state index contributed by atoms with van der Waals surface area (Å²) in [4.78, 5) is 12.2. The van der Waals surface area contributed by atoms with Crippen LogP contribution in [0.2, 0.25) is 0 Å². The van der Waals surface area contributed by atoms with Gasteiger partial charge in [0.2, 0.25) is 5.91 Å². The molecule has 4 heteroatoms. The molecule has 24 heavy (non-hydrogen) atoms. The third kappa shape index (κ3) is 5.70. The maximum Gasteiger partial charge on any atom is 0.224 e. The highest BCUT2D eigenvalue weighted by Gasteiger charge is 2.15. The van der Waals surface area contributed by atoms with Crippen molar-refractivity contribution >= 4 is 5.91 Å². The number of amides is 1. The summed E-state index contributed by atoms with van der Waals surface area (Å²) in [6.07, 6.45) is 0.543. The van der Waals surface area contributed by atoms with E-state index in [0.717, 1.165) is 16.9 Å². The van der Waals surface area contributed by atoms with Gasteiger partial charge in [0.15, 0.2) is 0 Å². The molecule has 4 nitrogen and oxygen atoms in total. The molecule has 0 aliphatic carbocycles. The van der Waals surface area contributed by atoms with Crippen molar-refractivity contribution in [3.05, 3.63) is 65.7 Å². The molecule has 0 aliphatic heterocycles. The van der Waals surface area contributed by atoms with Crippen LogP contribution in [0.3, 0.4) is 0 Å². The van der Waals surface area contributed by atoms with Crippen LogP contribution in [-0.4, -0.2) is 30.8 Å². The van der Waals surface area contributed by atoms with Crippen LogP contribution >= 0.6 is 0 Å². The minimum absolute atomic E-state index is 0.0216. The van der Waals surface area contributed by atoms with E-state index in [1.807, 2.05) is 54.6 Å². The van der Waals surface area contributed by atoms with E-state index < -0.39 is 6.10 Å². The van der Waals surface area contributed by atoms with E-state index in [1.165, 1.54) is 0 Å².